The minimum absolute atomic E-state index is 0.0364. The average molecular weight is 370 g/mol. The van der Waals surface area contributed by atoms with Crippen LogP contribution in [0.2, 0.25) is 0 Å². The topological polar surface area (TPSA) is 43.4 Å². The molecular weight excluding hydrogens is 352 g/mol. The number of hydrogen-bond donors (Lipinski definition) is 1. The zero-order valence-corrected chi connectivity index (χ0v) is 14.1. The smallest absolute Gasteiger partial charge is 0.253 e. The van der Waals surface area contributed by atoms with Gasteiger partial charge in [-0.3, -0.25) is 0 Å². The summed E-state index contributed by atoms with van der Waals surface area (Å²) in [7, 11) is 1.49. The Kier molecular flexibility index (Phi) is 5.49. The fourth-order valence-electron chi connectivity index (χ4n) is 2.99. The molecule has 0 radical (unpaired) electrons. The van der Waals surface area contributed by atoms with Crippen LogP contribution in [-0.2, 0) is 6.54 Å². The highest BCUT2D eigenvalue weighted by molar-refractivity contribution is 5.51. The third kappa shape index (κ3) is 3.68. The van der Waals surface area contributed by atoms with Crippen molar-refractivity contribution in [3.05, 3.63) is 47.3 Å². The first-order valence-electron chi connectivity index (χ1n) is 8.27. The summed E-state index contributed by atoms with van der Waals surface area (Å²) in [4.78, 5) is 2.53. The molecule has 1 aromatic heterocycles. The van der Waals surface area contributed by atoms with Gasteiger partial charge >= 0.3 is 0 Å². The highest BCUT2D eigenvalue weighted by Gasteiger charge is 2.23. The molecule has 2 aromatic rings. The van der Waals surface area contributed by atoms with Gasteiger partial charge in [0.15, 0.2) is 11.5 Å². The molecule has 0 spiro atoms. The Hall–Kier alpha value is -2.51. The summed E-state index contributed by atoms with van der Waals surface area (Å²) in [5, 5.41) is 2.39. The fraction of sp³-hybridized carbons (Fsp3) is 0.389. The van der Waals surface area contributed by atoms with Gasteiger partial charge in [-0.2, -0.15) is 22.5 Å². The summed E-state index contributed by atoms with van der Waals surface area (Å²) in [6, 6.07) is 5.09. The van der Waals surface area contributed by atoms with E-state index in [0.29, 0.717) is 17.1 Å². The molecule has 0 aliphatic heterocycles. The minimum Gasteiger partial charge on any atom is -0.493 e. The Balaban J connectivity index is 1.86. The van der Waals surface area contributed by atoms with Gasteiger partial charge in [0.05, 0.1) is 13.2 Å². The van der Waals surface area contributed by atoms with Crippen LogP contribution in [-0.4, -0.2) is 18.2 Å². The number of anilines is 1. The second kappa shape index (κ2) is 7.80. The number of pyridine rings is 1. The highest BCUT2D eigenvalue weighted by atomic mass is 19.2. The van der Waals surface area contributed by atoms with Crippen molar-refractivity contribution in [2.45, 2.75) is 38.3 Å². The molecule has 0 unspecified atom stereocenters. The minimum atomic E-state index is -1.71. The Bertz CT molecular complexity index is 769. The van der Waals surface area contributed by atoms with Gasteiger partial charge < -0.3 is 14.8 Å². The van der Waals surface area contributed by atoms with E-state index in [1.165, 1.54) is 7.11 Å². The number of ether oxygens (including phenoxy) is 2. The largest absolute Gasteiger partial charge is 0.493 e. The van der Waals surface area contributed by atoms with Gasteiger partial charge in [0.1, 0.15) is 5.69 Å². The molecule has 140 valence electrons. The van der Waals surface area contributed by atoms with Gasteiger partial charge in [-0.25, -0.2) is 0 Å². The van der Waals surface area contributed by atoms with Crippen molar-refractivity contribution in [1.82, 2.24) is 4.98 Å². The maximum Gasteiger partial charge on any atom is 0.253 e. The summed E-state index contributed by atoms with van der Waals surface area (Å²) in [5.41, 5.74) is -0.364. The number of para-hydroxylation sites is 1. The molecule has 1 fully saturated rings. The summed E-state index contributed by atoms with van der Waals surface area (Å²) < 4.78 is 65.3. The lowest BCUT2D eigenvalue weighted by molar-refractivity contribution is 0.199. The second-order valence-electron chi connectivity index (χ2n) is 6.02. The molecule has 0 saturated heterocycles. The number of benzene rings is 1. The molecular formula is C18H18F4N2O2. The summed E-state index contributed by atoms with van der Waals surface area (Å²) >= 11 is 0. The molecule has 0 bridgehead atoms. The predicted octanol–water partition coefficient (Wildman–Crippen LogP) is 4.58. The molecule has 1 aromatic carbocycles. The Morgan fingerprint density at radius 2 is 1.73 bits per heavy atom. The first-order chi connectivity index (χ1) is 12.5. The van der Waals surface area contributed by atoms with Crippen molar-refractivity contribution < 1.29 is 27.0 Å². The molecule has 8 heteroatoms. The van der Waals surface area contributed by atoms with Crippen molar-refractivity contribution in [2.24, 2.45) is 0 Å². The SMILES string of the molecule is COc1cccc(CNc2c(F)c(F)nc(F)c2F)c1OC1CCCC1. The lowest BCUT2D eigenvalue weighted by Gasteiger charge is -2.20. The number of rotatable bonds is 6. The number of aromatic nitrogens is 1. The van der Waals surface area contributed by atoms with Crippen LogP contribution < -0.4 is 14.8 Å². The van der Waals surface area contributed by atoms with Gasteiger partial charge in [0, 0.05) is 12.1 Å². The van der Waals surface area contributed by atoms with E-state index in [2.05, 4.69) is 10.3 Å². The van der Waals surface area contributed by atoms with Crippen LogP contribution in [0.25, 0.3) is 0 Å². The monoisotopic (exact) mass is 370 g/mol. The van der Waals surface area contributed by atoms with E-state index in [1.54, 1.807) is 18.2 Å². The first kappa shape index (κ1) is 18.3. The fourth-order valence-corrected chi connectivity index (χ4v) is 2.99. The summed E-state index contributed by atoms with van der Waals surface area (Å²) in [6.07, 6.45) is 4.00. The van der Waals surface area contributed by atoms with Crippen molar-refractivity contribution in [3.8, 4) is 11.5 Å². The van der Waals surface area contributed by atoms with E-state index in [9.17, 15) is 17.6 Å². The normalized spacial score (nSPS) is 14.5. The number of nitrogens with zero attached hydrogens (tertiary/aromatic N) is 1. The van der Waals surface area contributed by atoms with Crippen LogP contribution in [0.5, 0.6) is 11.5 Å². The molecule has 1 saturated carbocycles. The van der Waals surface area contributed by atoms with Gasteiger partial charge in [0.2, 0.25) is 11.6 Å². The molecule has 1 aliphatic rings. The van der Waals surface area contributed by atoms with E-state index >= 15 is 0 Å². The van der Waals surface area contributed by atoms with E-state index in [-0.39, 0.29) is 12.6 Å². The maximum atomic E-state index is 13.8. The van der Waals surface area contributed by atoms with Crippen molar-refractivity contribution in [1.29, 1.82) is 0 Å². The van der Waals surface area contributed by atoms with Crippen molar-refractivity contribution >= 4 is 5.69 Å². The standard InChI is InChI=1S/C18H18F4N2O2/c1-25-12-8-4-5-10(16(12)26-11-6-2-3-7-11)9-23-15-13(19)17(21)24-18(22)14(15)20/h4-5,8,11H,2-3,6-7,9H2,1H3,(H,23,24). The third-order valence-electron chi connectivity index (χ3n) is 4.32. The molecule has 26 heavy (non-hydrogen) atoms. The van der Waals surface area contributed by atoms with E-state index in [4.69, 9.17) is 9.47 Å². The molecule has 0 amide bonds. The zero-order chi connectivity index (χ0) is 18.7. The molecule has 1 N–H and O–H groups in total. The lowest BCUT2D eigenvalue weighted by Crippen LogP contribution is -2.15. The van der Waals surface area contributed by atoms with Crippen molar-refractivity contribution in [2.75, 3.05) is 12.4 Å². The zero-order valence-electron chi connectivity index (χ0n) is 14.1. The van der Waals surface area contributed by atoms with Crippen LogP contribution in [0, 0.1) is 23.5 Å². The van der Waals surface area contributed by atoms with Crippen LogP contribution >= 0.6 is 0 Å². The second-order valence-corrected chi connectivity index (χ2v) is 6.02. The van der Waals surface area contributed by atoms with Gasteiger partial charge in [-0.1, -0.05) is 12.1 Å². The van der Waals surface area contributed by atoms with Crippen molar-refractivity contribution in [3.63, 3.8) is 0 Å². The molecule has 1 aliphatic carbocycles. The van der Waals surface area contributed by atoms with Crippen LogP contribution in [0.15, 0.2) is 18.2 Å². The number of hydrogen-bond acceptors (Lipinski definition) is 4. The van der Waals surface area contributed by atoms with Crippen LogP contribution in [0.3, 0.4) is 0 Å². The highest BCUT2D eigenvalue weighted by Crippen LogP contribution is 2.35. The summed E-state index contributed by atoms with van der Waals surface area (Å²) in [6.45, 7) is -0.115. The lowest BCUT2D eigenvalue weighted by atomic mass is 10.1. The first-order valence-corrected chi connectivity index (χ1v) is 8.27. The van der Waals surface area contributed by atoms with Crippen LogP contribution in [0.1, 0.15) is 31.2 Å². The number of nitrogens with one attached hydrogen (secondary N) is 1. The molecule has 3 rings (SSSR count). The van der Waals surface area contributed by atoms with E-state index < -0.39 is 29.2 Å². The third-order valence-corrected chi connectivity index (χ3v) is 4.32. The number of methoxy groups -OCH3 is 1. The Labute approximate surface area is 148 Å². The number of halogens is 4. The average Bonchev–Trinajstić information content (AvgIpc) is 3.14. The summed E-state index contributed by atoms with van der Waals surface area (Å²) in [5.74, 6) is -5.65. The molecule has 1 heterocycles. The molecule has 4 nitrogen and oxygen atoms in total. The van der Waals surface area contributed by atoms with Gasteiger partial charge in [-0.15, -0.1) is 0 Å². The predicted molar refractivity (Wildman–Crippen MR) is 87.3 cm³/mol. The Morgan fingerprint density at radius 3 is 2.35 bits per heavy atom. The van der Waals surface area contributed by atoms with Gasteiger partial charge in [0.25, 0.3) is 11.9 Å². The van der Waals surface area contributed by atoms with E-state index in [1.807, 2.05) is 0 Å². The molecule has 0 atom stereocenters. The van der Waals surface area contributed by atoms with Gasteiger partial charge in [-0.05, 0) is 31.7 Å². The quantitative estimate of drug-likeness (QED) is 0.597. The van der Waals surface area contributed by atoms with E-state index in [0.717, 1.165) is 25.7 Å². The van der Waals surface area contributed by atoms with Crippen LogP contribution in [0.4, 0.5) is 23.2 Å². The maximum absolute atomic E-state index is 13.8. The Morgan fingerprint density at radius 1 is 1.08 bits per heavy atom.